The molecule has 0 amide bonds. The molecule has 0 fully saturated rings. The summed E-state index contributed by atoms with van der Waals surface area (Å²) in [5.74, 6) is 0.165. The molecule has 2 N–H and O–H groups in total. The predicted octanol–water partition coefficient (Wildman–Crippen LogP) is -0.371. The van der Waals surface area contributed by atoms with Crippen molar-refractivity contribution < 1.29 is 9.90 Å². The highest BCUT2D eigenvalue weighted by atomic mass is 28.2. The highest BCUT2D eigenvalue weighted by Gasteiger charge is 1.96. The number of hydrogen-bond donors (Lipinski definition) is 2. The van der Waals surface area contributed by atoms with Gasteiger partial charge in [-0.3, -0.25) is 0 Å². The zero-order chi connectivity index (χ0) is 6.69. The van der Waals surface area contributed by atoms with Crippen LogP contribution in [0.25, 0.3) is 0 Å². The average Bonchev–Trinajstić information content (AvgIpc) is 1.89. The van der Waals surface area contributed by atoms with E-state index in [1.807, 2.05) is 0 Å². The molecule has 0 atom stereocenters. The Hall–Kier alpha value is -0.803. The molecule has 0 bridgehead atoms. The zero-order valence-electron chi connectivity index (χ0n) is 4.70. The average molecular weight is 138 g/mol. The molecule has 1 rings (SSSR count). The summed E-state index contributed by atoms with van der Waals surface area (Å²) in [4.78, 5) is 8.59. The second-order valence-electron chi connectivity index (χ2n) is 1.63. The molecule has 2 radical (unpaired) electrons. The van der Waals surface area contributed by atoms with Gasteiger partial charge in [-0.2, -0.15) is 0 Å². The summed E-state index contributed by atoms with van der Waals surface area (Å²) in [6, 6.07) is 6.74. The van der Waals surface area contributed by atoms with Gasteiger partial charge < -0.3 is 9.90 Å². The highest BCUT2D eigenvalue weighted by Crippen LogP contribution is 2.00. The minimum absolute atomic E-state index is 0.165. The molecule has 1 aromatic carbocycles. The topological polar surface area (TPSA) is 40.5 Å². The van der Waals surface area contributed by atoms with E-state index in [1.54, 1.807) is 24.3 Å². The quantitative estimate of drug-likeness (QED) is 0.520. The van der Waals surface area contributed by atoms with Gasteiger partial charge in [0.1, 0.15) is 5.75 Å². The normalized spacial score (nSPS) is 9.44. The van der Waals surface area contributed by atoms with Crippen LogP contribution in [0.4, 0.5) is 0 Å². The first-order chi connectivity index (χ1) is 4.34. The predicted molar refractivity (Wildman–Crippen MR) is 35.7 cm³/mol. The molecule has 0 aliphatic carbocycles. The Morgan fingerprint density at radius 1 is 1.22 bits per heavy atom. The molecule has 0 saturated heterocycles. The van der Waals surface area contributed by atoms with Gasteiger partial charge in [0, 0.05) is 5.19 Å². The lowest BCUT2D eigenvalue weighted by Crippen LogP contribution is -2.12. The van der Waals surface area contributed by atoms with Gasteiger partial charge in [0.2, 0.25) is 0 Å². The van der Waals surface area contributed by atoms with Crippen molar-refractivity contribution in [2.75, 3.05) is 0 Å². The van der Waals surface area contributed by atoms with Crippen LogP contribution >= 0.6 is 0 Å². The van der Waals surface area contributed by atoms with E-state index in [4.69, 9.17) is 9.90 Å². The molecule has 2 nitrogen and oxygen atoms in total. The lowest BCUT2D eigenvalue weighted by molar-refractivity contribution is 0.478. The van der Waals surface area contributed by atoms with Crippen LogP contribution < -0.4 is 5.19 Å². The number of benzene rings is 1. The summed E-state index contributed by atoms with van der Waals surface area (Å²) in [6.07, 6.45) is 0. The molecule has 0 spiro atoms. The lowest BCUT2D eigenvalue weighted by Gasteiger charge is -1.94. The van der Waals surface area contributed by atoms with Gasteiger partial charge in [0.25, 0.3) is 9.76 Å². The van der Waals surface area contributed by atoms with Crippen LogP contribution in [0.2, 0.25) is 0 Å². The maximum atomic E-state index is 8.96. The van der Waals surface area contributed by atoms with E-state index >= 15 is 0 Å². The molecule has 0 saturated carbocycles. The van der Waals surface area contributed by atoms with E-state index in [-0.39, 0.29) is 15.5 Å². The smallest absolute Gasteiger partial charge is 0.269 e. The third-order valence-electron chi connectivity index (χ3n) is 1.02. The van der Waals surface area contributed by atoms with Crippen LogP contribution in [-0.4, -0.2) is 19.7 Å². The van der Waals surface area contributed by atoms with Crippen LogP contribution in [0, 0.1) is 0 Å². The van der Waals surface area contributed by atoms with E-state index in [2.05, 4.69) is 0 Å². The van der Waals surface area contributed by atoms with Gasteiger partial charge in [-0.1, -0.05) is 18.2 Å². The Morgan fingerprint density at radius 3 is 2.33 bits per heavy atom. The Bertz CT molecular complexity index is 200. The van der Waals surface area contributed by atoms with Gasteiger partial charge in [-0.05, 0) is 6.07 Å². The Balaban J connectivity index is 3.01. The second-order valence-corrected chi connectivity index (χ2v) is 2.39. The number of aromatic hydroxyl groups is 1. The van der Waals surface area contributed by atoms with Gasteiger partial charge in [-0.25, -0.2) is 0 Å². The van der Waals surface area contributed by atoms with Crippen LogP contribution in [0.3, 0.4) is 0 Å². The maximum absolute atomic E-state index is 8.96. The molecule has 0 aliphatic rings. The first-order valence-corrected chi connectivity index (χ1v) is 3.47. The standard InChI is InChI=1S/C6H6O2Si/c7-5-3-1-2-4-6(5)9-8/h1-4,7-8H. The minimum Gasteiger partial charge on any atom is -0.508 e. The molecule has 46 valence electrons. The van der Waals surface area contributed by atoms with Gasteiger partial charge in [-0.15, -0.1) is 0 Å². The molecule has 0 heterocycles. The summed E-state index contributed by atoms with van der Waals surface area (Å²) in [5, 5.41) is 9.55. The molecular weight excluding hydrogens is 132 g/mol. The Labute approximate surface area is 55.7 Å². The summed E-state index contributed by atoms with van der Waals surface area (Å²) >= 11 is 0. The summed E-state index contributed by atoms with van der Waals surface area (Å²) in [7, 11) is -0.321. The van der Waals surface area contributed by atoms with E-state index in [0.717, 1.165) is 0 Å². The number of phenolic OH excluding ortho intramolecular Hbond substituents is 1. The highest BCUT2D eigenvalue weighted by molar-refractivity contribution is 6.46. The fourth-order valence-electron chi connectivity index (χ4n) is 0.568. The minimum atomic E-state index is -0.321. The fourth-order valence-corrected chi connectivity index (χ4v) is 0.937. The summed E-state index contributed by atoms with van der Waals surface area (Å²) < 4.78 is 0. The van der Waals surface area contributed by atoms with Gasteiger partial charge in [0.15, 0.2) is 0 Å². The molecule has 0 unspecified atom stereocenters. The van der Waals surface area contributed by atoms with E-state index in [0.29, 0.717) is 5.19 Å². The molecule has 3 heteroatoms. The third kappa shape index (κ3) is 1.31. The van der Waals surface area contributed by atoms with Crippen molar-refractivity contribution in [2.45, 2.75) is 0 Å². The monoisotopic (exact) mass is 138 g/mol. The Kier molecular flexibility index (Phi) is 1.87. The largest absolute Gasteiger partial charge is 0.508 e. The van der Waals surface area contributed by atoms with Crippen molar-refractivity contribution in [3.63, 3.8) is 0 Å². The zero-order valence-corrected chi connectivity index (χ0v) is 5.70. The molecule has 9 heavy (non-hydrogen) atoms. The van der Waals surface area contributed by atoms with E-state index < -0.39 is 0 Å². The van der Waals surface area contributed by atoms with Crippen molar-refractivity contribution in [1.82, 2.24) is 0 Å². The van der Waals surface area contributed by atoms with Crippen molar-refractivity contribution in [3.8, 4) is 5.75 Å². The third-order valence-corrected chi connectivity index (χ3v) is 1.69. The van der Waals surface area contributed by atoms with Gasteiger partial charge in [0.05, 0.1) is 0 Å². The van der Waals surface area contributed by atoms with Crippen LogP contribution in [-0.2, 0) is 0 Å². The first kappa shape index (κ1) is 6.32. The van der Waals surface area contributed by atoms with Crippen LogP contribution in [0.1, 0.15) is 0 Å². The van der Waals surface area contributed by atoms with Crippen molar-refractivity contribution >= 4 is 14.9 Å². The maximum Gasteiger partial charge on any atom is 0.269 e. The number of rotatable bonds is 1. The summed E-state index contributed by atoms with van der Waals surface area (Å²) in [6.45, 7) is 0. The molecular formula is C6H6O2Si. The van der Waals surface area contributed by atoms with Gasteiger partial charge >= 0.3 is 0 Å². The Morgan fingerprint density at radius 2 is 1.89 bits per heavy atom. The number of para-hydroxylation sites is 1. The second kappa shape index (κ2) is 2.66. The lowest BCUT2D eigenvalue weighted by atomic mass is 10.3. The number of hydrogen-bond acceptors (Lipinski definition) is 2. The van der Waals surface area contributed by atoms with Crippen molar-refractivity contribution in [2.24, 2.45) is 0 Å². The summed E-state index contributed by atoms with van der Waals surface area (Å²) in [5.41, 5.74) is 0. The van der Waals surface area contributed by atoms with Crippen molar-refractivity contribution in [3.05, 3.63) is 24.3 Å². The first-order valence-electron chi connectivity index (χ1n) is 2.52. The molecule has 1 aromatic rings. The van der Waals surface area contributed by atoms with Crippen LogP contribution in [0.5, 0.6) is 5.75 Å². The van der Waals surface area contributed by atoms with Crippen molar-refractivity contribution in [1.29, 1.82) is 0 Å². The SMILES string of the molecule is O[Si]c1ccccc1O. The fraction of sp³-hybridized carbons (Fsp3) is 0. The molecule has 0 aliphatic heterocycles. The van der Waals surface area contributed by atoms with Crippen LogP contribution in [0.15, 0.2) is 24.3 Å². The van der Waals surface area contributed by atoms with E-state index in [1.165, 1.54) is 0 Å². The van der Waals surface area contributed by atoms with E-state index in [9.17, 15) is 0 Å². The molecule has 0 aromatic heterocycles. The number of phenols is 1.